The molecule has 0 spiro atoms. The second-order valence-corrected chi connectivity index (χ2v) is 28.5. The first-order valence-corrected chi connectivity index (χ1v) is 41.2. The fourth-order valence-corrected chi connectivity index (χ4v) is 11.9. The molecule has 0 bridgehead atoms. The van der Waals surface area contributed by atoms with E-state index in [1.54, 1.807) is 0 Å². The lowest BCUT2D eigenvalue weighted by molar-refractivity contribution is -0.161. The van der Waals surface area contributed by atoms with Crippen molar-refractivity contribution in [2.75, 3.05) is 39.6 Å². The smallest absolute Gasteiger partial charge is 0.462 e. The van der Waals surface area contributed by atoms with Crippen molar-refractivity contribution in [2.24, 2.45) is 0 Å². The summed E-state index contributed by atoms with van der Waals surface area (Å²) in [5.41, 5.74) is 0. The molecule has 0 saturated heterocycles. The van der Waals surface area contributed by atoms with Gasteiger partial charge in [0.25, 0.3) is 0 Å². The number of allylic oxidation sites excluding steroid dienone is 12. The zero-order valence-corrected chi connectivity index (χ0v) is 62.6. The molecule has 558 valence electrons. The number of unbranched alkanes of at least 4 members (excludes halogenated alkanes) is 34. The average Bonchev–Trinajstić information content (AvgIpc) is 1.15. The van der Waals surface area contributed by atoms with E-state index in [0.29, 0.717) is 25.7 Å². The van der Waals surface area contributed by atoms with Gasteiger partial charge in [0, 0.05) is 25.7 Å². The van der Waals surface area contributed by atoms with Crippen molar-refractivity contribution in [2.45, 2.75) is 354 Å². The van der Waals surface area contributed by atoms with Gasteiger partial charge < -0.3 is 33.8 Å². The molecule has 0 rings (SSSR count). The van der Waals surface area contributed by atoms with Crippen LogP contribution in [0.1, 0.15) is 336 Å². The predicted molar refractivity (Wildman–Crippen MR) is 390 cm³/mol. The van der Waals surface area contributed by atoms with Crippen molar-refractivity contribution in [1.29, 1.82) is 0 Å². The summed E-state index contributed by atoms with van der Waals surface area (Å²) >= 11 is 0. The molecule has 0 aromatic rings. The zero-order chi connectivity index (χ0) is 70.4. The van der Waals surface area contributed by atoms with Crippen LogP contribution in [0.25, 0.3) is 0 Å². The van der Waals surface area contributed by atoms with E-state index in [9.17, 15) is 43.2 Å². The first-order valence-electron chi connectivity index (χ1n) is 38.2. The zero-order valence-electron chi connectivity index (χ0n) is 60.8. The quantitative estimate of drug-likeness (QED) is 0.0169. The molecule has 0 aromatic carbocycles. The minimum atomic E-state index is -4.97. The number of carbonyl (C=O) groups excluding carboxylic acids is 4. The number of phosphoric ester groups is 2. The van der Waals surface area contributed by atoms with E-state index in [1.807, 2.05) is 0 Å². The van der Waals surface area contributed by atoms with Crippen LogP contribution in [0.3, 0.4) is 0 Å². The molecular formula is C77H138O17P2. The van der Waals surface area contributed by atoms with Crippen molar-refractivity contribution in [3.63, 3.8) is 0 Å². The average molecular weight is 1400 g/mol. The molecule has 5 unspecified atom stereocenters. The molecule has 0 heterocycles. The monoisotopic (exact) mass is 1400 g/mol. The number of carbonyl (C=O) groups is 4. The van der Waals surface area contributed by atoms with Crippen LogP contribution >= 0.6 is 15.6 Å². The highest BCUT2D eigenvalue weighted by molar-refractivity contribution is 7.47. The van der Waals surface area contributed by atoms with Crippen LogP contribution < -0.4 is 0 Å². The summed E-state index contributed by atoms with van der Waals surface area (Å²) in [5, 5.41) is 10.6. The van der Waals surface area contributed by atoms with Gasteiger partial charge in [-0.3, -0.25) is 37.3 Å². The Morgan fingerprint density at radius 1 is 0.302 bits per heavy atom. The molecule has 17 nitrogen and oxygen atoms in total. The fraction of sp³-hybridized carbons (Fsp3) is 0.792. The van der Waals surface area contributed by atoms with Crippen LogP contribution in [-0.2, 0) is 65.4 Å². The number of hydrogen-bond acceptors (Lipinski definition) is 15. The third-order valence-electron chi connectivity index (χ3n) is 16.2. The Morgan fingerprint density at radius 2 is 0.552 bits per heavy atom. The van der Waals surface area contributed by atoms with Crippen LogP contribution in [0.5, 0.6) is 0 Å². The number of aliphatic hydroxyl groups excluding tert-OH is 1. The molecule has 0 aliphatic rings. The molecule has 19 heteroatoms. The van der Waals surface area contributed by atoms with Crippen LogP contribution in [0.15, 0.2) is 72.9 Å². The van der Waals surface area contributed by atoms with Crippen molar-refractivity contribution >= 4 is 39.5 Å². The van der Waals surface area contributed by atoms with Gasteiger partial charge >= 0.3 is 39.5 Å². The van der Waals surface area contributed by atoms with Gasteiger partial charge in [0.1, 0.15) is 19.3 Å². The van der Waals surface area contributed by atoms with Crippen molar-refractivity contribution in [3.8, 4) is 0 Å². The van der Waals surface area contributed by atoms with Crippen molar-refractivity contribution < 1.29 is 80.2 Å². The number of hydrogen-bond donors (Lipinski definition) is 3. The molecule has 0 saturated carbocycles. The SMILES string of the molecule is CC/C=C\C/C=C\C/C=C\C/C=C\C/C=C\CCCCCC(=O)OCC(COP(=O)(O)OCC(O)COP(=O)(O)OCC(COC(=O)CCCCCCCCCCCCCCCCC)OC(=O)CCCCCCCCCCCCC)OC(=O)CCCCCCC/C=C\CCCC. The Hall–Kier alpha value is -3.50. The summed E-state index contributed by atoms with van der Waals surface area (Å²) in [6.07, 6.45) is 69.0. The van der Waals surface area contributed by atoms with Crippen LogP contribution in [-0.4, -0.2) is 96.7 Å². The molecule has 0 amide bonds. The van der Waals surface area contributed by atoms with E-state index in [0.717, 1.165) is 135 Å². The summed E-state index contributed by atoms with van der Waals surface area (Å²) in [7, 11) is -9.94. The lowest BCUT2D eigenvalue weighted by atomic mass is 10.0. The minimum Gasteiger partial charge on any atom is -0.462 e. The van der Waals surface area contributed by atoms with Crippen molar-refractivity contribution in [3.05, 3.63) is 72.9 Å². The van der Waals surface area contributed by atoms with Gasteiger partial charge in [0.2, 0.25) is 0 Å². The highest BCUT2D eigenvalue weighted by atomic mass is 31.2. The highest BCUT2D eigenvalue weighted by Gasteiger charge is 2.30. The lowest BCUT2D eigenvalue weighted by Crippen LogP contribution is -2.30. The maximum Gasteiger partial charge on any atom is 0.472 e. The Balaban J connectivity index is 5.28. The molecule has 5 atom stereocenters. The predicted octanol–water partition coefficient (Wildman–Crippen LogP) is 21.7. The Bertz CT molecular complexity index is 2110. The van der Waals surface area contributed by atoms with Gasteiger partial charge in [-0.25, -0.2) is 9.13 Å². The number of aliphatic hydroxyl groups is 1. The van der Waals surface area contributed by atoms with E-state index in [1.165, 1.54) is 122 Å². The molecule has 96 heavy (non-hydrogen) atoms. The summed E-state index contributed by atoms with van der Waals surface area (Å²) in [6, 6.07) is 0. The second-order valence-electron chi connectivity index (χ2n) is 25.6. The van der Waals surface area contributed by atoms with E-state index in [2.05, 4.69) is 101 Å². The van der Waals surface area contributed by atoms with Gasteiger partial charge in [-0.05, 0) is 89.9 Å². The number of ether oxygens (including phenoxy) is 4. The van der Waals surface area contributed by atoms with E-state index in [-0.39, 0.29) is 25.7 Å². The maximum absolute atomic E-state index is 13.0. The van der Waals surface area contributed by atoms with Gasteiger partial charge in [-0.2, -0.15) is 0 Å². The lowest BCUT2D eigenvalue weighted by Gasteiger charge is -2.21. The van der Waals surface area contributed by atoms with Crippen LogP contribution in [0.2, 0.25) is 0 Å². The van der Waals surface area contributed by atoms with Gasteiger partial charge in [0.05, 0.1) is 26.4 Å². The molecule has 0 aliphatic heterocycles. The summed E-state index contributed by atoms with van der Waals surface area (Å²) in [5.74, 6) is -2.19. The van der Waals surface area contributed by atoms with Gasteiger partial charge in [0.15, 0.2) is 12.2 Å². The Kier molecular flexibility index (Phi) is 67.4. The van der Waals surface area contributed by atoms with E-state index < -0.39 is 97.5 Å². The number of rotatable bonds is 72. The summed E-state index contributed by atoms with van der Waals surface area (Å²) in [4.78, 5) is 72.7. The molecule has 0 fully saturated rings. The topological polar surface area (TPSA) is 237 Å². The first kappa shape index (κ1) is 92.5. The maximum atomic E-state index is 13.0. The normalized spacial score (nSPS) is 14.4. The van der Waals surface area contributed by atoms with Crippen LogP contribution in [0, 0.1) is 0 Å². The molecule has 0 aromatic heterocycles. The number of esters is 4. The largest absolute Gasteiger partial charge is 0.472 e. The number of phosphoric acid groups is 2. The first-order chi connectivity index (χ1) is 46.7. The Labute approximate surface area is 583 Å². The molecular weight excluding hydrogens is 1260 g/mol. The molecule has 3 N–H and O–H groups in total. The Morgan fingerprint density at radius 3 is 0.885 bits per heavy atom. The summed E-state index contributed by atoms with van der Waals surface area (Å²) in [6.45, 7) is 4.71. The minimum absolute atomic E-state index is 0.0789. The highest BCUT2D eigenvalue weighted by Crippen LogP contribution is 2.45. The van der Waals surface area contributed by atoms with Gasteiger partial charge in [-0.15, -0.1) is 0 Å². The molecule has 0 radical (unpaired) electrons. The second kappa shape index (κ2) is 70.0. The van der Waals surface area contributed by atoms with Crippen molar-refractivity contribution in [1.82, 2.24) is 0 Å². The van der Waals surface area contributed by atoms with E-state index in [4.69, 9.17) is 37.0 Å². The summed E-state index contributed by atoms with van der Waals surface area (Å²) < 4.78 is 68.4. The van der Waals surface area contributed by atoms with Crippen LogP contribution in [0.4, 0.5) is 0 Å². The standard InChI is InChI=1S/C77H138O17P2/c1-5-9-13-17-21-25-29-31-33-34-35-36-38-40-44-46-50-54-58-62-75(80)88-68-73(94-77(82)64-60-56-52-48-42-28-24-20-16-12-8-4)70-92-96(85,86)90-66-71(78)65-89-95(83,84)91-69-72(93-76(81)63-59-55-51-47-41-27-23-19-15-11-7-3)67-87-74(79)61-57-53-49-45-43-39-37-32-30-26-22-18-14-10-6-2/h9,13,20-21,24-25,31,33,35-36,40,44,71-73,78H,5-8,10-12,14-19,22-23,26-30,32,34,37-39,41-43,45-70H2,1-4H3,(H,83,84)(H,85,86)/b13-9-,24-20-,25-21-,33-31-,36-35-,44-40-. The third-order valence-corrected chi connectivity index (χ3v) is 18.1. The molecule has 0 aliphatic carbocycles. The fourth-order valence-electron chi connectivity index (χ4n) is 10.3. The van der Waals surface area contributed by atoms with E-state index >= 15 is 0 Å². The van der Waals surface area contributed by atoms with Gasteiger partial charge in [-0.1, -0.05) is 293 Å². The third kappa shape index (κ3) is 69.0.